The lowest BCUT2D eigenvalue weighted by molar-refractivity contribution is 0.415. The predicted molar refractivity (Wildman–Crippen MR) is 85.4 cm³/mol. The van der Waals surface area contributed by atoms with Gasteiger partial charge >= 0.3 is 0 Å². The molecule has 0 amide bonds. The first-order chi connectivity index (χ1) is 9.28. The van der Waals surface area contributed by atoms with E-state index in [2.05, 4.69) is 11.1 Å². The SMILES string of the molecule is COc1ccc2cc(-c3ccccc3)c(N)nc2c1.Cl. The van der Waals surface area contributed by atoms with E-state index in [1.165, 1.54) is 0 Å². The molecule has 20 heavy (non-hydrogen) atoms. The molecule has 3 rings (SSSR count). The molecule has 3 aromatic rings. The number of fused-ring (bicyclic) bond motifs is 1. The van der Waals surface area contributed by atoms with Crippen LogP contribution in [0.5, 0.6) is 5.75 Å². The van der Waals surface area contributed by atoms with Crippen LogP contribution in [0.25, 0.3) is 22.0 Å². The second kappa shape index (κ2) is 5.80. The highest BCUT2D eigenvalue weighted by Crippen LogP contribution is 2.29. The number of hydrogen-bond donors (Lipinski definition) is 1. The first kappa shape index (κ1) is 14.2. The number of ether oxygens (including phenoxy) is 1. The maximum atomic E-state index is 6.06. The van der Waals surface area contributed by atoms with E-state index in [1.807, 2.05) is 48.5 Å². The predicted octanol–water partition coefficient (Wildman–Crippen LogP) is 3.91. The van der Waals surface area contributed by atoms with Gasteiger partial charge in [-0.15, -0.1) is 12.4 Å². The van der Waals surface area contributed by atoms with Crippen molar-refractivity contribution >= 4 is 29.1 Å². The van der Waals surface area contributed by atoms with Crippen molar-refractivity contribution in [2.75, 3.05) is 12.8 Å². The Kier molecular flexibility index (Phi) is 4.11. The fourth-order valence-corrected chi connectivity index (χ4v) is 2.14. The summed E-state index contributed by atoms with van der Waals surface area (Å²) in [5, 5.41) is 1.05. The van der Waals surface area contributed by atoms with Gasteiger partial charge in [0.2, 0.25) is 0 Å². The van der Waals surface area contributed by atoms with Crippen LogP contribution in [0, 0.1) is 0 Å². The van der Waals surface area contributed by atoms with E-state index in [0.29, 0.717) is 5.82 Å². The van der Waals surface area contributed by atoms with Crippen molar-refractivity contribution in [2.45, 2.75) is 0 Å². The molecule has 0 radical (unpaired) electrons. The van der Waals surface area contributed by atoms with Crippen LogP contribution in [0.3, 0.4) is 0 Å². The lowest BCUT2D eigenvalue weighted by Gasteiger charge is -2.08. The number of pyridine rings is 1. The van der Waals surface area contributed by atoms with Gasteiger partial charge in [-0.05, 0) is 23.8 Å². The van der Waals surface area contributed by atoms with Gasteiger partial charge in [-0.25, -0.2) is 4.98 Å². The molecule has 0 fully saturated rings. The molecule has 0 atom stereocenters. The zero-order chi connectivity index (χ0) is 13.2. The average Bonchev–Trinajstić information content (AvgIpc) is 2.47. The van der Waals surface area contributed by atoms with Gasteiger partial charge in [-0.2, -0.15) is 0 Å². The molecule has 2 aromatic carbocycles. The summed E-state index contributed by atoms with van der Waals surface area (Å²) < 4.78 is 5.20. The van der Waals surface area contributed by atoms with Crippen LogP contribution in [0.15, 0.2) is 54.6 Å². The Bertz CT molecular complexity index is 729. The lowest BCUT2D eigenvalue weighted by atomic mass is 10.0. The number of rotatable bonds is 2. The smallest absolute Gasteiger partial charge is 0.131 e. The summed E-state index contributed by atoms with van der Waals surface area (Å²) in [4.78, 5) is 4.46. The van der Waals surface area contributed by atoms with E-state index in [0.717, 1.165) is 27.8 Å². The third-order valence-corrected chi connectivity index (χ3v) is 3.14. The van der Waals surface area contributed by atoms with Gasteiger partial charge in [0, 0.05) is 17.0 Å². The standard InChI is InChI=1S/C16H14N2O.ClH/c1-19-13-8-7-12-9-14(11-5-3-2-4-6-11)16(17)18-15(12)10-13;/h2-10H,1H3,(H2,17,18);1H. The summed E-state index contributed by atoms with van der Waals surface area (Å²) in [7, 11) is 1.64. The highest BCUT2D eigenvalue weighted by Gasteiger charge is 2.06. The number of nitrogens with zero attached hydrogens (tertiary/aromatic N) is 1. The minimum absolute atomic E-state index is 0. The van der Waals surface area contributed by atoms with Crippen molar-refractivity contribution in [2.24, 2.45) is 0 Å². The third kappa shape index (κ3) is 2.53. The number of aromatic nitrogens is 1. The number of methoxy groups -OCH3 is 1. The van der Waals surface area contributed by atoms with Crippen molar-refractivity contribution in [3.8, 4) is 16.9 Å². The topological polar surface area (TPSA) is 48.1 Å². The van der Waals surface area contributed by atoms with Crippen molar-refractivity contribution < 1.29 is 4.74 Å². The summed E-state index contributed by atoms with van der Waals surface area (Å²) in [6, 6.07) is 17.9. The van der Waals surface area contributed by atoms with Crippen LogP contribution in [-0.4, -0.2) is 12.1 Å². The van der Waals surface area contributed by atoms with Gasteiger partial charge in [-0.1, -0.05) is 30.3 Å². The lowest BCUT2D eigenvalue weighted by Crippen LogP contribution is -1.95. The second-order valence-electron chi connectivity index (χ2n) is 4.35. The van der Waals surface area contributed by atoms with Gasteiger partial charge in [0.15, 0.2) is 0 Å². The van der Waals surface area contributed by atoms with Crippen LogP contribution < -0.4 is 10.5 Å². The van der Waals surface area contributed by atoms with Crippen LogP contribution in [-0.2, 0) is 0 Å². The quantitative estimate of drug-likeness (QED) is 0.777. The van der Waals surface area contributed by atoms with Gasteiger partial charge < -0.3 is 10.5 Å². The Balaban J connectivity index is 0.00000147. The Morgan fingerprint density at radius 1 is 1.00 bits per heavy atom. The molecule has 0 aliphatic carbocycles. The maximum Gasteiger partial charge on any atom is 0.131 e. The summed E-state index contributed by atoms with van der Waals surface area (Å²) in [6.07, 6.45) is 0. The zero-order valence-corrected chi connectivity index (χ0v) is 11.9. The molecular formula is C16H15ClN2O. The number of nitrogen functional groups attached to an aromatic ring is 1. The normalized spacial score (nSPS) is 10.1. The summed E-state index contributed by atoms with van der Waals surface area (Å²) in [6.45, 7) is 0. The minimum atomic E-state index is 0. The number of halogens is 1. The van der Waals surface area contributed by atoms with E-state index < -0.39 is 0 Å². The Morgan fingerprint density at radius 2 is 1.75 bits per heavy atom. The molecule has 0 aliphatic rings. The summed E-state index contributed by atoms with van der Waals surface area (Å²) >= 11 is 0. The van der Waals surface area contributed by atoms with Crippen LogP contribution in [0.1, 0.15) is 0 Å². The molecule has 102 valence electrons. The molecule has 0 saturated carbocycles. The fraction of sp³-hybridized carbons (Fsp3) is 0.0625. The van der Waals surface area contributed by atoms with Crippen LogP contribution in [0.4, 0.5) is 5.82 Å². The summed E-state index contributed by atoms with van der Waals surface area (Å²) in [5.74, 6) is 1.32. The zero-order valence-electron chi connectivity index (χ0n) is 11.0. The van der Waals surface area contributed by atoms with E-state index in [9.17, 15) is 0 Å². The maximum absolute atomic E-state index is 6.06. The second-order valence-corrected chi connectivity index (χ2v) is 4.35. The van der Waals surface area contributed by atoms with Crippen molar-refractivity contribution in [1.82, 2.24) is 4.98 Å². The molecule has 4 heteroatoms. The highest BCUT2D eigenvalue weighted by atomic mass is 35.5. The number of hydrogen-bond acceptors (Lipinski definition) is 3. The molecule has 0 aliphatic heterocycles. The average molecular weight is 287 g/mol. The molecule has 0 bridgehead atoms. The molecule has 1 aromatic heterocycles. The fourth-order valence-electron chi connectivity index (χ4n) is 2.14. The van der Waals surface area contributed by atoms with Crippen LogP contribution in [0.2, 0.25) is 0 Å². The third-order valence-electron chi connectivity index (χ3n) is 3.14. The van der Waals surface area contributed by atoms with Crippen molar-refractivity contribution in [1.29, 1.82) is 0 Å². The molecule has 2 N–H and O–H groups in total. The highest BCUT2D eigenvalue weighted by molar-refractivity contribution is 5.89. The number of nitrogens with two attached hydrogens (primary N) is 1. The van der Waals surface area contributed by atoms with Gasteiger partial charge in [0.05, 0.1) is 12.6 Å². The number of benzene rings is 2. The molecule has 1 heterocycles. The molecular weight excluding hydrogens is 272 g/mol. The largest absolute Gasteiger partial charge is 0.497 e. The van der Waals surface area contributed by atoms with E-state index >= 15 is 0 Å². The van der Waals surface area contributed by atoms with Gasteiger partial charge in [-0.3, -0.25) is 0 Å². The van der Waals surface area contributed by atoms with E-state index in [4.69, 9.17) is 10.5 Å². The van der Waals surface area contributed by atoms with Crippen LogP contribution >= 0.6 is 12.4 Å². The Morgan fingerprint density at radius 3 is 2.45 bits per heavy atom. The Labute approximate surface area is 123 Å². The van der Waals surface area contributed by atoms with Gasteiger partial charge in [0.25, 0.3) is 0 Å². The molecule has 0 saturated heterocycles. The van der Waals surface area contributed by atoms with Crippen molar-refractivity contribution in [3.63, 3.8) is 0 Å². The summed E-state index contributed by atoms with van der Waals surface area (Å²) in [5.41, 5.74) is 8.93. The molecule has 0 unspecified atom stereocenters. The van der Waals surface area contributed by atoms with Crippen molar-refractivity contribution in [3.05, 3.63) is 54.6 Å². The first-order valence-electron chi connectivity index (χ1n) is 6.07. The van der Waals surface area contributed by atoms with E-state index in [-0.39, 0.29) is 12.4 Å². The van der Waals surface area contributed by atoms with Gasteiger partial charge in [0.1, 0.15) is 11.6 Å². The van der Waals surface area contributed by atoms with E-state index in [1.54, 1.807) is 7.11 Å². The minimum Gasteiger partial charge on any atom is -0.497 e. The molecule has 3 nitrogen and oxygen atoms in total. The number of anilines is 1. The monoisotopic (exact) mass is 286 g/mol. The molecule has 0 spiro atoms. The Hall–Kier alpha value is -2.26. The first-order valence-corrected chi connectivity index (χ1v) is 6.07.